The summed E-state index contributed by atoms with van der Waals surface area (Å²) in [4.78, 5) is 16.2. The van der Waals surface area contributed by atoms with Crippen LogP contribution in [-0.4, -0.2) is 103 Å². The highest BCUT2D eigenvalue weighted by Gasteiger charge is 2.63. The summed E-state index contributed by atoms with van der Waals surface area (Å²) in [6.07, 6.45) is -3.09. The van der Waals surface area contributed by atoms with Gasteiger partial charge < -0.3 is 33.2 Å². The summed E-state index contributed by atoms with van der Waals surface area (Å²) in [5, 5.41) is 2.88. The molecule has 410 valence electrons. The van der Waals surface area contributed by atoms with Gasteiger partial charge in [0.05, 0.1) is 7.11 Å². The van der Waals surface area contributed by atoms with Crippen LogP contribution in [0.4, 0.5) is 13.2 Å². The predicted octanol–water partition coefficient (Wildman–Crippen LogP) is 15.8. The molecule has 0 heterocycles. The van der Waals surface area contributed by atoms with Gasteiger partial charge in [0.2, 0.25) is 0 Å². The van der Waals surface area contributed by atoms with E-state index in [1.165, 1.54) is 41.9 Å². The van der Waals surface area contributed by atoms with Crippen LogP contribution in [0.25, 0.3) is 0 Å². The molecular weight excluding hydrogens is 1070 g/mol. The SMILES string of the molecule is COC(=O)C(C)Oc1ccc(CCCN(C)CC(c2ccc(Cl)cc2)c2ccc(Cl)cc2)cc1.COC(O[Si](C)(C)C)(C(C)Oc1ccc(CCCN(C)CC(c2ccc(Cl)cc2)c2ccc(Cl)cc2)cc1)C(F)(F)F. The molecule has 16 heteroatoms. The number of alkyl halides is 3. The van der Waals surface area contributed by atoms with Gasteiger partial charge in [-0.2, -0.15) is 13.2 Å². The zero-order chi connectivity index (χ0) is 55.6. The normalized spacial score (nSPS) is 13.5. The zero-order valence-corrected chi connectivity index (χ0v) is 48.8. The van der Waals surface area contributed by atoms with Gasteiger partial charge in [0.25, 0.3) is 5.79 Å². The second-order valence-corrected chi connectivity index (χ2v) is 26.1. The molecule has 0 spiro atoms. The van der Waals surface area contributed by atoms with Gasteiger partial charge in [-0.15, -0.1) is 0 Å². The molecule has 0 saturated carbocycles. The van der Waals surface area contributed by atoms with E-state index in [9.17, 15) is 18.0 Å². The van der Waals surface area contributed by atoms with Crippen LogP contribution in [0.15, 0.2) is 146 Å². The van der Waals surface area contributed by atoms with Gasteiger partial charge in [-0.25, -0.2) is 4.79 Å². The fourth-order valence-electron chi connectivity index (χ4n) is 8.82. The van der Waals surface area contributed by atoms with Crippen molar-refractivity contribution in [3.63, 3.8) is 0 Å². The molecule has 0 aliphatic carbocycles. The van der Waals surface area contributed by atoms with Gasteiger partial charge >= 0.3 is 12.1 Å². The first kappa shape index (κ1) is 62.2. The number of likely N-dealkylation sites (N-methyl/N-ethyl adjacent to an activating group) is 2. The Labute approximate surface area is 469 Å². The maximum Gasteiger partial charge on any atom is 0.446 e. The maximum absolute atomic E-state index is 14.1. The largest absolute Gasteiger partial charge is 0.485 e. The monoisotopic (exact) mass is 1140 g/mol. The minimum absolute atomic E-state index is 0.156. The summed E-state index contributed by atoms with van der Waals surface area (Å²) >= 11 is 24.5. The fraction of sp³-hybridized carbons (Fsp3) is 0.383. The number of halogens is 7. The Morgan fingerprint density at radius 2 is 0.868 bits per heavy atom. The molecular formula is C60H71Cl4F3N2O6Si. The van der Waals surface area contributed by atoms with Gasteiger partial charge in [-0.05, 0) is 193 Å². The number of aryl methyl sites for hydroxylation is 2. The lowest BCUT2D eigenvalue weighted by atomic mass is 9.91. The summed E-state index contributed by atoms with van der Waals surface area (Å²) in [6.45, 7) is 11.6. The topological polar surface area (TPSA) is 69.7 Å². The van der Waals surface area contributed by atoms with Crippen LogP contribution < -0.4 is 9.47 Å². The number of hydrogen-bond donors (Lipinski definition) is 0. The highest BCUT2D eigenvalue weighted by Crippen LogP contribution is 2.41. The van der Waals surface area contributed by atoms with Crippen molar-refractivity contribution in [1.82, 2.24) is 9.80 Å². The number of rotatable bonds is 25. The van der Waals surface area contributed by atoms with Gasteiger partial charge in [0.15, 0.2) is 20.5 Å². The molecule has 0 bridgehead atoms. The van der Waals surface area contributed by atoms with Crippen molar-refractivity contribution in [2.45, 2.75) is 95.2 Å². The van der Waals surface area contributed by atoms with Crippen molar-refractivity contribution >= 4 is 60.7 Å². The first-order valence-electron chi connectivity index (χ1n) is 25.3. The molecule has 0 amide bonds. The molecule has 0 aromatic heterocycles. The van der Waals surface area contributed by atoms with Gasteiger partial charge in [-0.1, -0.05) is 119 Å². The molecule has 0 fully saturated rings. The Morgan fingerprint density at radius 3 is 1.16 bits per heavy atom. The van der Waals surface area contributed by atoms with Crippen LogP contribution in [0.2, 0.25) is 39.7 Å². The molecule has 0 aliphatic rings. The highest BCUT2D eigenvalue weighted by atomic mass is 35.5. The summed E-state index contributed by atoms with van der Waals surface area (Å²) in [5.41, 5.74) is 7.12. The third-order valence-electron chi connectivity index (χ3n) is 12.8. The van der Waals surface area contributed by atoms with Gasteiger partial charge in [0, 0.05) is 52.1 Å². The van der Waals surface area contributed by atoms with E-state index in [4.69, 9.17) is 69.8 Å². The minimum atomic E-state index is -4.77. The Hall–Kier alpha value is -4.60. The van der Waals surface area contributed by atoms with E-state index in [-0.39, 0.29) is 17.8 Å². The van der Waals surface area contributed by atoms with Crippen LogP contribution in [0.1, 0.15) is 71.9 Å². The van der Waals surface area contributed by atoms with Crippen molar-refractivity contribution < 1.29 is 41.3 Å². The third-order valence-corrected chi connectivity index (χ3v) is 14.7. The van der Waals surface area contributed by atoms with Gasteiger partial charge in [-0.3, -0.25) is 0 Å². The van der Waals surface area contributed by atoms with E-state index in [2.05, 4.69) is 72.4 Å². The molecule has 3 atom stereocenters. The fourth-order valence-corrected chi connectivity index (χ4v) is 10.6. The molecule has 3 unspecified atom stereocenters. The summed E-state index contributed by atoms with van der Waals surface area (Å²) in [5.74, 6) is -1.87. The van der Waals surface area contributed by atoms with E-state index in [1.807, 2.05) is 84.9 Å². The van der Waals surface area contributed by atoms with Gasteiger partial charge in [0.1, 0.15) is 11.5 Å². The first-order chi connectivity index (χ1) is 36.0. The average Bonchev–Trinajstić information content (AvgIpc) is 3.38. The minimum Gasteiger partial charge on any atom is -0.485 e. The van der Waals surface area contributed by atoms with Crippen molar-refractivity contribution in [2.24, 2.45) is 0 Å². The molecule has 0 aliphatic heterocycles. The van der Waals surface area contributed by atoms with Crippen LogP contribution in [0.3, 0.4) is 0 Å². The van der Waals surface area contributed by atoms with Crippen molar-refractivity contribution in [3.05, 3.63) is 199 Å². The Balaban J connectivity index is 0.000000287. The summed E-state index contributed by atoms with van der Waals surface area (Å²) < 4.78 is 68.8. The van der Waals surface area contributed by atoms with E-state index >= 15 is 0 Å². The van der Waals surface area contributed by atoms with Crippen LogP contribution in [-0.2, 0) is 31.5 Å². The number of benzene rings is 6. The van der Waals surface area contributed by atoms with E-state index < -0.39 is 32.5 Å². The molecule has 6 aromatic rings. The van der Waals surface area contributed by atoms with E-state index in [0.717, 1.165) is 74.6 Å². The first-order valence-corrected chi connectivity index (χ1v) is 30.2. The predicted molar refractivity (Wildman–Crippen MR) is 306 cm³/mol. The number of carbonyl (C=O) groups is 1. The van der Waals surface area contributed by atoms with Crippen molar-refractivity contribution in [1.29, 1.82) is 0 Å². The lowest BCUT2D eigenvalue weighted by Gasteiger charge is -2.42. The molecule has 76 heavy (non-hydrogen) atoms. The maximum atomic E-state index is 14.1. The van der Waals surface area contributed by atoms with Crippen LogP contribution >= 0.6 is 46.4 Å². The Kier molecular flexibility index (Phi) is 24.1. The van der Waals surface area contributed by atoms with Crippen LogP contribution in [0, 0.1) is 0 Å². The van der Waals surface area contributed by atoms with E-state index in [0.29, 0.717) is 21.5 Å². The number of carbonyl (C=O) groups excluding carboxylic acids is 1. The lowest BCUT2D eigenvalue weighted by molar-refractivity contribution is -0.371. The number of hydrogen-bond acceptors (Lipinski definition) is 8. The molecule has 6 rings (SSSR count). The molecule has 0 radical (unpaired) electrons. The average molecular weight is 1140 g/mol. The van der Waals surface area contributed by atoms with Crippen LogP contribution in [0.5, 0.6) is 11.5 Å². The smallest absolute Gasteiger partial charge is 0.446 e. The molecule has 0 N–H and O–H groups in total. The second-order valence-electron chi connectivity index (χ2n) is 20.0. The lowest BCUT2D eigenvalue weighted by Crippen LogP contribution is -2.62. The number of esters is 1. The number of nitrogens with zero attached hydrogens (tertiary/aromatic N) is 2. The number of methoxy groups -OCH3 is 2. The Morgan fingerprint density at radius 1 is 0.539 bits per heavy atom. The quantitative estimate of drug-likeness (QED) is 0.0319. The second kappa shape index (κ2) is 29.4. The third kappa shape index (κ3) is 19.4. The zero-order valence-electron chi connectivity index (χ0n) is 44.8. The number of ether oxygens (including phenoxy) is 4. The summed E-state index contributed by atoms with van der Waals surface area (Å²) in [6, 6.07) is 47.1. The molecule has 6 aromatic carbocycles. The molecule has 0 saturated heterocycles. The Bertz CT molecular complexity index is 2570. The van der Waals surface area contributed by atoms with E-state index in [1.54, 1.807) is 38.7 Å². The van der Waals surface area contributed by atoms with Crippen molar-refractivity contribution in [2.75, 3.05) is 54.5 Å². The van der Waals surface area contributed by atoms with Crippen molar-refractivity contribution in [3.8, 4) is 11.5 Å². The molecule has 8 nitrogen and oxygen atoms in total. The standard InChI is InChI=1S/C32H40Cl2F3NO3Si.C28H31Cl2NO3/c1-23(31(39-3,32(35,36)37)41-42(4,5)6)40-29-19-9-24(10-20-29)8-7-21-38(2)22-30(25-11-15-27(33)16-12-25)26-13-17-28(34)18-14-26;1-20(28(32)33-3)34-26-16-6-21(7-17-26)5-4-18-31(2)19-27(22-8-12-24(29)13-9-22)23-10-14-25(30)15-11-23/h9-20,23,30H,7-8,21-22H2,1-6H3;6-17,20,27H,4-5,18-19H2,1-3H3. The highest BCUT2D eigenvalue weighted by molar-refractivity contribution is 6.69. The summed E-state index contributed by atoms with van der Waals surface area (Å²) in [7, 11) is 3.98.